The Bertz CT molecular complexity index is 576. The second-order valence-corrected chi connectivity index (χ2v) is 5.40. The molecule has 0 amide bonds. The van der Waals surface area contributed by atoms with Crippen LogP contribution < -0.4 is 10.6 Å². The normalized spacial score (nSPS) is 16.1. The van der Waals surface area contributed by atoms with Crippen molar-refractivity contribution in [3.8, 4) is 0 Å². The Kier molecular flexibility index (Phi) is 3.49. The molecule has 106 valence electrons. The second kappa shape index (κ2) is 5.29. The molecule has 1 aromatic heterocycles. The van der Waals surface area contributed by atoms with Crippen LogP contribution in [0.15, 0.2) is 41.0 Å². The first-order valence-electron chi connectivity index (χ1n) is 7.00. The monoisotopic (exact) mass is 274 g/mol. The van der Waals surface area contributed by atoms with E-state index < -0.39 is 0 Å². The number of halogens is 1. The number of rotatable bonds is 5. The number of anilines is 1. The van der Waals surface area contributed by atoms with Crippen molar-refractivity contribution in [2.24, 2.45) is 5.73 Å². The minimum Gasteiger partial charge on any atom is -0.467 e. The first-order valence-corrected chi connectivity index (χ1v) is 7.00. The predicted octanol–water partition coefficient (Wildman–Crippen LogP) is 3.61. The summed E-state index contributed by atoms with van der Waals surface area (Å²) in [4.78, 5) is 2.09. The van der Waals surface area contributed by atoms with Crippen molar-refractivity contribution in [1.29, 1.82) is 0 Å². The van der Waals surface area contributed by atoms with Gasteiger partial charge in [0.15, 0.2) is 0 Å². The lowest BCUT2D eigenvalue weighted by Crippen LogP contribution is -2.28. The molecule has 1 aliphatic rings. The summed E-state index contributed by atoms with van der Waals surface area (Å²) in [5.41, 5.74) is 7.48. The lowest BCUT2D eigenvalue weighted by molar-refractivity contribution is 0.497. The average Bonchev–Trinajstić information content (AvgIpc) is 3.13. The van der Waals surface area contributed by atoms with Gasteiger partial charge in [0.05, 0.1) is 18.5 Å². The maximum absolute atomic E-state index is 14.3. The Labute approximate surface area is 118 Å². The number of nitrogens with zero attached hydrogens (tertiary/aromatic N) is 1. The van der Waals surface area contributed by atoms with Crippen LogP contribution in [-0.4, -0.2) is 6.04 Å². The molecule has 0 aliphatic heterocycles. The molecule has 2 N–H and O–H groups in total. The number of para-hydroxylation sites is 1. The number of hydrogen-bond acceptors (Lipinski definition) is 3. The van der Waals surface area contributed by atoms with Gasteiger partial charge in [-0.2, -0.15) is 0 Å². The summed E-state index contributed by atoms with van der Waals surface area (Å²) in [7, 11) is 0. The van der Waals surface area contributed by atoms with E-state index in [-0.39, 0.29) is 11.9 Å². The molecule has 3 rings (SSSR count). The summed E-state index contributed by atoms with van der Waals surface area (Å²) in [6.07, 6.45) is 3.83. The van der Waals surface area contributed by atoms with Gasteiger partial charge in [-0.15, -0.1) is 0 Å². The van der Waals surface area contributed by atoms with Gasteiger partial charge in [0.1, 0.15) is 11.6 Å². The Morgan fingerprint density at radius 3 is 2.75 bits per heavy atom. The summed E-state index contributed by atoms with van der Waals surface area (Å²) < 4.78 is 19.8. The molecule has 0 spiro atoms. The van der Waals surface area contributed by atoms with Crippen LogP contribution in [0.1, 0.15) is 37.1 Å². The van der Waals surface area contributed by atoms with Crippen molar-refractivity contribution in [2.45, 2.75) is 38.4 Å². The molecule has 0 bridgehead atoms. The molecular weight excluding hydrogens is 255 g/mol. The summed E-state index contributed by atoms with van der Waals surface area (Å²) in [6.45, 7) is 2.47. The second-order valence-electron chi connectivity index (χ2n) is 5.40. The van der Waals surface area contributed by atoms with Gasteiger partial charge < -0.3 is 15.1 Å². The third-order valence-electron chi connectivity index (χ3n) is 3.69. The van der Waals surface area contributed by atoms with Crippen LogP contribution in [0.4, 0.5) is 10.1 Å². The maximum atomic E-state index is 14.3. The lowest BCUT2D eigenvalue weighted by atomic mass is 10.0. The summed E-state index contributed by atoms with van der Waals surface area (Å²) in [6, 6.07) is 9.08. The highest BCUT2D eigenvalue weighted by molar-refractivity contribution is 5.57. The zero-order valence-corrected chi connectivity index (χ0v) is 11.6. The van der Waals surface area contributed by atoms with Crippen LogP contribution in [-0.2, 0) is 6.54 Å². The van der Waals surface area contributed by atoms with Gasteiger partial charge in [-0.1, -0.05) is 12.1 Å². The number of benzene rings is 1. The van der Waals surface area contributed by atoms with Crippen LogP contribution in [0.5, 0.6) is 0 Å². The van der Waals surface area contributed by atoms with E-state index in [4.69, 9.17) is 10.2 Å². The summed E-state index contributed by atoms with van der Waals surface area (Å²) in [5.74, 6) is 0.633. The standard InChI is InChI=1S/C16H19FN2O/c1-11(18)14-5-2-6-15(17)16(14)19(12-7-8-12)10-13-4-3-9-20-13/h2-6,9,11-12H,7-8,10,18H2,1H3/t11-/m0/s1. The molecule has 4 heteroatoms. The van der Waals surface area contributed by atoms with E-state index >= 15 is 0 Å². The zero-order valence-electron chi connectivity index (χ0n) is 11.6. The minimum atomic E-state index is -0.210. The molecule has 0 saturated heterocycles. The Morgan fingerprint density at radius 1 is 1.35 bits per heavy atom. The van der Waals surface area contributed by atoms with E-state index in [1.165, 1.54) is 6.07 Å². The van der Waals surface area contributed by atoms with Crippen LogP contribution >= 0.6 is 0 Å². The average molecular weight is 274 g/mol. The van der Waals surface area contributed by atoms with E-state index in [2.05, 4.69) is 4.90 Å². The SMILES string of the molecule is C[C@H](N)c1cccc(F)c1N(Cc1ccco1)C1CC1. The highest BCUT2D eigenvalue weighted by Gasteiger charge is 2.33. The van der Waals surface area contributed by atoms with Crippen molar-refractivity contribution in [2.75, 3.05) is 4.90 Å². The molecular formula is C16H19FN2O. The zero-order chi connectivity index (χ0) is 14.1. The molecule has 1 atom stereocenters. The Balaban J connectivity index is 1.99. The quantitative estimate of drug-likeness (QED) is 0.905. The number of nitrogens with two attached hydrogens (primary N) is 1. The third kappa shape index (κ3) is 2.56. The van der Waals surface area contributed by atoms with E-state index in [1.54, 1.807) is 12.3 Å². The van der Waals surface area contributed by atoms with E-state index in [9.17, 15) is 4.39 Å². The molecule has 1 saturated carbocycles. The topological polar surface area (TPSA) is 42.4 Å². The van der Waals surface area contributed by atoms with Crippen molar-refractivity contribution in [1.82, 2.24) is 0 Å². The Hall–Kier alpha value is -1.81. The third-order valence-corrected chi connectivity index (χ3v) is 3.69. The fourth-order valence-corrected chi connectivity index (χ4v) is 2.55. The van der Waals surface area contributed by atoms with Gasteiger partial charge in [0, 0.05) is 12.1 Å². The first-order chi connectivity index (χ1) is 9.66. The van der Waals surface area contributed by atoms with Gasteiger partial charge >= 0.3 is 0 Å². The molecule has 1 fully saturated rings. The van der Waals surface area contributed by atoms with Gasteiger partial charge in [-0.3, -0.25) is 0 Å². The van der Waals surface area contributed by atoms with Crippen LogP contribution in [0.2, 0.25) is 0 Å². The molecule has 2 aromatic rings. The summed E-state index contributed by atoms with van der Waals surface area (Å²) >= 11 is 0. The van der Waals surface area contributed by atoms with Crippen molar-refractivity contribution < 1.29 is 8.81 Å². The van der Waals surface area contributed by atoms with Gasteiger partial charge in [-0.05, 0) is 43.5 Å². The first kappa shape index (κ1) is 13.2. The van der Waals surface area contributed by atoms with Crippen molar-refractivity contribution in [3.05, 3.63) is 53.7 Å². The van der Waals surface area contributed by atoms with Crippen molar-refractivity contribution in [3.63, 3.8) is 0 Å². The molecule has 1 heterocycles. The fraction of sp³-hybridized carbons (Fsp3) is 0.375. The highest BCUT2D eigenvalue weighted by atomic mass is 19.1. The lowest BCUT2D eigenvalue weighted by Gasteiger charge is -2.28. The molecule has 20 heavy (non-hydrogen) atoms. The molecule has 1 aliphatic carbocycles. The van der Waals surface area contributed by atoms with Gasteiger partial charge in [0.2, 0.25) is 0 Å². The van der Waals surface area contributed by atoms with Crippen LogP contribution in [0.3, 0.4) is 0 Å². The highest BCUT2D eigenvalue weighted by Crippen LogP contribution is 2.38. The largest absolute Gasteiger partial charge is 0.467 e. The van der Waals surface area contributed by atoms with E-state index in [0.29, 0.717) is 18.3 Å². The number of hydrogen-bond donors (Lipinski definition) is 1. The molecule has 0 unspecified atom stereocenters. The van der Waals surface area contributed by atoms with Crippen LogP contribution in [0.25, 0.3) is 0 Å². The fourth-order valence-electron chi connectivity index (χ4n) is 2.55. The van der Waals surface area contributed by atoms with Crippen LogP contribution in [0, 0.1) is 5.82 Å². The predicted molar refractivity (Wildman–Crippen MR) is 76.9 cm³/mol. The minimum absolute atomic E-state index is 0.196. The van der Waals surface area contributed by atoms with Gasteiger partial charge in [0.25, 0.3) is 0 Å². The smallest absolute Gasteiger partial charge is 0.146 e. The molecule has 1 aromatic carbocycles. The molecule has 0 radical (unpaired) electrons. The van der Waals surface area contributed by atoms with Gasteiger partial charge in [-0.25, -0.2) is 4.39 Å². The molecule has 3 nitrogen and oxygen atoms in total. The van der Waals surface area contributed by atoms with E-state index in [1.807, 2.05) is 25.1 Å². The summed E-state index contributed by atoms with van der Waals surface area (Å²) in [5, 5.41) is 0. The number of furan rings is 1. The Morgan fingerprint density at radius 2 is 2.15 bits per heavy atom. The van der Waals surface area contributed by atoms with E-state index in [0.717, 1.165) is 24.2 Å². The maximum Gasteiger partial charge on any atom is 0.146 e. The van der Waals surface area contributed by atoms with Crippen molar-refractivity contribution >= 4 is 5.69 Å².